The van der Waals surface area contributed by atoms with Gasteiger partial charge in [0.1, 0.15) is 0 Å². The van der Waals surface area contributed by atoms with E-state index in [1.54, 1.807) is 19.4 Å². The monoisotopic (exact) mass is 379 g/mol. The molecule has 146 valence electrons. The fourth-order valence-electron chi connectivity index (χ4n) is 2.78. The fourth-order valence-corrected chi connectivity index (χ4v) is 2.78. The van der Waals surface area contributed by atoms with Crippen molar-refractivity contribution in [2.24, 2.45) is 0 Å². The van der Waals surface area contributed by atoms with Crippen molar-refractivity contribution in [3.05, 3.63) is 65.9 Å². The Kier molecular flexibility index (Phi) is 6.94. The van der Waals surface area contributed by atoms with Crippen molar-refractivity contribution in [3.8, 4) is 22.8 Å². The first-order valence-electron chi connectivity index (χ1n) is 9.29. The summed E-state index contributed by atoms with van der Waals surface area (Å²) in [6.07, 6.45) is 1.69. The van der Waals surface area contributed by atoms with Gasteiger partial charge in [-0.05, 0) is 19.1 Å². The van der Waals surface area contributed by atoms with Gasteiger partial charge in [-0.2, -0.15) is 0 Å². The van der Waals surface area contributed by atoms with Crippen molar-refractivity contribution in [1.82, 2.24) is 15.6 Å². The molecule has 0 atom stereocenters. The normalized spacial score (nSPS) is 10.8. The SMILES string of the molecule is COCCNCCNC(=O)c1ccccc1-c1ncc(-c2ccc(C)cc2)o1. The second-order valence-corrected chi connectivity index (χ2v) is 6.44. The van der Waals surface area contributed by atoms with Crippen LogP contribution in [0.2, 0.25) is 0 Å². The van der Waals surface area contributed by atoms with Crippen LogP contribution in [-0.4, -0.2) is 44.2 Å². The highest BCUT2D eigenvalue weighted by molar-refractivity contribution is 6.00. The topological polar surface area (TPSA) is 76.4 Å². The fraction of sp³-hybridized carbons (Fsp3) is 0.273. The Labute approximate surface area is 164 Å². The largest absolute Gasteiger partial charge is 0.436 e. The minimum absolute atomic E-state index is 0.153. The molecule has 28 heavy (non-hydrogen) atoms. The zero-order valence-electron chi connectivity index (χ0n) is 16.2. The number of amides is 1. The summed E-state index contributed by atoms with van der Waals surface area (Å²) in [6.45, 7) is 4.63. The molecule has 6 nitrogen and oxygen atoms in total. The molecule has 0 radical (unpaired) electrons. The molecule has 0 aliphatic heterocycles. The van der Waals surface area contributed by atoms with Crippen LogP contribution < -0.4 is 10.6 Å². The number of hydrogen-bond acceptors (Lipinski definition) is 5. The van der Waals surface area contributed by atoms with Crippen molar-refractivity contribution in [2.75, 3.05) is 33.4 Å². The number of nitrogens with zero attached hydrogens (tertiary/aromatic N) is 1. The molecule has 0 saturated heterocycles. The third-order valence-corrected chi connectivity index (χ3v) is 4.31. The third kappa shape index (κ3) is 5.06. The lowest BCUT2D eigenvalue weighted by Crippen LogP contribution is -2.33. The van der Waals surface area contributed by atoms with E-state index in [9.17, 15) is 4.79 Å². The zero-order chi connectivity index (χ0) is 19.8. The van der Waals surface area contributed by atoms with Crippen LogP contribution in [0, 0.1) is 6.92 Å². The van der Waals surface area contributed by atoms with Gasteiger partial charge in [0.25, 0.3) is 5.91 Å². The van der Waals surface area contributed by atoms with Crippen LogP contribution in [0.4, 0.5) is 0 Å². The summed E-state index contributed by atoms with van der Waals surface area (Å²) < 4.78 is 10.9. The second-order valence-electron chi connectivity index (χ2n) is 6.44. The lowest BCUT2D eigenvalue weighted by atomic mass is 10.1. The Morgan fingerprint density at radius 2 is 1.86 bits per heavy atom. The van der Waals surface area contributed by atoms with Gasteiger partial charge in [0.15, 0.2) is 5.76 Å². The van der Waals surface area contributed by atoms with Crippen molar-refractivity contribution in [2.45, 2.75) is 6.92 Å². The quantitative estimate of drug-likeness (QED) is 0.558. The highest BCUT2D eigenvalue weighted by Gasteiger charge is 2.16. The van der Waals surface area contributed by atoms with E-state index in [-0.39, 0.29) is 5.91 Å². The number of aromatic nitrogens is 1. The number of carbonyl (C=O) groups excluding carboxylic acids is 1. The number of methoxy groups -OCH3 is 1. The maximum absolute atomic E-state index is 12.6. The number of hydrogen-bond donors (Lipinski definition) is 2. The molecule has 3 rings (SSSR count). The summed E-state index contributed by atoms with van der Waals surface area (Å²) in [5.41, 5.74) is 3.35. The predicted octanol–water partition coefficient (Wildman–Crippen LogP) is 3.28. The molecule has 3 aromatic rings. The summed E-state index contributed by atoms with van der Waals surface area (Å²) in [5.74, 6) is 0.950. The smallest absolute Gasteiger partial charge is 0.252 e. The van der Waals surface area contributed by atoms with Crippen molar-refractivity contribution in [1.29, 1.82) is 0 Å². The maximum Gasteiger partial charge on any atom is 0.252 e. The molecule has 0 aliphatic carbocycles. The summed E-state index contributed by atoms with van der Waals surface area (Å²) in [6, 6.07) is 15.4. The highest BCUT2D eigenvalue weighted by atomic mass is 16.5. The Hall–Kier alpha value is -2.96. The first-order chi connectivity index (χ1) is 13.7. The lowest BCUT2D eigenvalue weighted by Gasteiger charge is -2.09. The van der Waals surface area contributed by atoms with E-state index in [0.717, 1.165) is 12.1 Å². The van der Waals surface area contributed by atoms with Crippen LogP contribution in [0.5, 0.6) is 0 Å². The highest BCUT2D eigenvalue weighted by Crippen LogP contribution is 2.28. The summed E-state index contributed by atoms with van der Waals surface area (Å²) in [5, 5.41) is 6.11. The number of carbonyl (C=O) groups is 1. The van der Waals surface area contributed by atoms with Gasteiger partial charge in [-0.1, -0.05) is 42.0 Å². The van der Waals surface area contributed by atoms with Gasteiger partial charge in [-0.15, -0.1) is 0 Å². The molecular formula is C22H25N3O3. The van der Waals surface area contributed by atoms with Crippen molar-refractivity contribution < 1.29 is 13.9 Å². The van der Waals surface area contributed by atoms with Crippen LogP contribution in [-0.2, 0) is 4.74 Å². The third-order valence-electron chi connectivity index (χ3n) is 4.31. The second kappa shape index (κ2) is 9.82. The first-order valence-corrected chi connectivity index (χ1v) is 9.29. The number of nitrogens with one attached hydrogen (secondary N) is 2. The average Bonchev–Trinajstić information content (AvgIpc) is 3.21. The molecule has 0 bridgehead atoms. The minimum Gasteiger partial charge on any atom is -0.436 e. The Morgan fingerprint density at radius 3 is 2.64 bits per heavy atom. The summed E-state index contributed by atoms with van der Waals surface area (Å²) in [4.78, 5) is 17.0. The predicted molar refractivity (Wildman–Crippen MR) is 109 cm³/mol. The molecule has 0 saturated carbocycles. The zero-order valence-corrected chi connectivity index (χ0v) is 16.2. The molecular weight excluding hydrogens is 354 g/mol. The van der Waals surface area contributed by atoms with Gasteiger partial charge < -0.3 is 19.8 Å². The van der Waals surface area contributed by atoms with Gasteiger partial charge in [-0.3, -0.25) is 4.79 Å². The summed E-state index contributed by atoms with van der Waals surface area (Å²) in [7, 11) is 1.66. The van der Waals surface area contributed by atoms with Crippen molar-refractivity contribution in [3.63, 3.8) is 0 Å². The van der Waals surface area contributed by atoms with E-state index >= 15 is 0 Å². The number of ether oxygens (including phenoxy) is 1. The van der Waals surface area contributed by atoms with Gasteiger partial charge in [0.2, 0.25) is 5.89 Å². The Bertz CT molecular complexity index is 903. The van der Waals surface area contributed by atoms with Gasteiger partial charge in [0, 0.05) is 37.9 Å². The molecule has 0 fully saturated rings. The van der Waals surface area contributed by atoms with Crippen molar-refractivity contribution >= 4 is 5.91 Å². The van der Waals surface area contributed by atoms with Crippen LogP contribution in [0.3, 0.4) is 0 Å². The molecule has 1 aromatic heterocycles. The average molecular weight is 379 g/mol. The van der Waals surface area contributed by atoms with Gasteiger partial charge in [0.05, 0.1) is 18.4 Å². The van der Waals surface area contributed by atoms with E-state index in [1.165, 1.54) is 5.56 Å². The maximum atomic E-state index is 12.6. The molecule has 1 heterocycles. The summed E-state index contributed by atoms with van der Waals surface area (Å²) >= 11 is 0. The van der Waals surface area contributed by atoms with E-state index in [4.69, 9.17) is 9.15 Å². The molecule has 0 aliphatic rings. The van der Waals surface area contributed by atoms with E-state index < -0.39 is 0 Å². The van der Waals surface area contributed by atoms with Crippen LogP contribution in [0.15, 0.2) is 59.1 Å². The number of aryl methyl sites for hydroxylation is 1. The molecule has 6 heteroatoms. The minimum atomic E-state index is -0.153. The van der Waals surface area contributed by atoms with Crippen LogP contribution in [0.1, 0.15) is 15.9 Å². The molecule has 0 spiro atoms. The Balaban J connectivity index is 1.70. The molecule has 2 aromatic carbocycles. The number of rotatable bonds is 9. The van der Waals surface area contributed by atoms with Gasteiger partial charge in [-0.25, -0.2) is 4.98 Å². The Morgan fingerprint density at radius 1 is 1.07 bits per heavy atom. The molecule has 2 N–H and O–H groups in total. The molecule has 1 amide bonds. The van der Waals surface area contributed by atoms with Crippen LogP contribution >= 0.6 is 0 Å². The van der Waals surface area contributed by atoms with Gasteiger partial charge >= 0.3 is 0 Å². The number of benzene rings is 2. The van der Waals surface area contributed by atoms with E-state index in [0.29, 0.717) is 42.5 Å². The first kappa shape index (κ1) is 19.8. The lowest BCUT2D eigenvalue weighted by molar-refractivity contribution is 0.0954. The van der Waals surface area contributed by atoms with E-state index in [1.807, 2.05) is 49.4 Å². The molecule has 0 unspecified atom stereocenters. The number of oxazole rings is 1. The standard InChI is InChI=1S/C22H25N3O3/c1-16-7-9-17(10-8-16)20-15-25-22(28-20)19-6-4-3-5-18(19)21(26)24-12-11-23-13-14-27-2/h3-10,15,23H,11-14H2,1-2H3,(H,24,26). The van der Waals surface area contributed by atoms with E-state index in [2.05, 4.69) is 15.6 Å². The van der Waals surface area contributed by atoms with Crippen LogP contribution in [0.25, 0.3) is 22.8 Å².